The predicted molar refractivity (Wildman–Crippen MR) is 48.5 cm³/mol. The molecule has 0 unspecified atom stereocenters. The van der Waals surface area contributed by atoms with Gasteiger partial charge in [-0.2, -0.15) is 0 Å². The lowest BCUT2D eigenvalue weighted by Gasteiger charge is -2.19. The largest absolute Gasteiger partial charge is 0.465 e. The highest BCUT2D eigenvalue weighted by atomic mass is 16.4. The van der Waals surface area contributed by atoms with E-state index in [1.165, 1.54) is 0 Å². The summed E-state index contributed by atoms with van der Waals surface area (Å²) in [4.78, 5) is 21.6. The van der Waals surface area contributed by atoms with Gasteiger partial charge in [-0.3, -0.25) is 4.79 Å². The topological polar surface area (TPSA) is 78.4 Å². The van der Waals surface area contributed by atoms with Crippen LogP contribution in [-0.4, -0.2) is 29.7 Å². The summed E-state index contributed by atoms with van der Waals surface area (Å²) in [6.07, 6.45) is -1.18. The molecule has 1 atom stereocenters. The average Bonchev–Trinajstić information content (AvgIpc) is 1.99. The SMILES string of the molecule is CCNC(=O)[C@@H](NC(=O)O)C(C)C. The van der Waals surface area contributed by atoms with Crippen LogP contribution < -0.4 is 10.6 Å². The Morgan fingerprint density at radius 2 is 1.92 bits per heavy atom. The van der Waals surface area contributed by atoms with Crippen LogP contribution in [0.15, 0.2) is 0 Å². The van der Waals surface area contributed by atoms with Gasteiger partial charge in [-0.1, -0.05) is 13.8 Å². The summed E-state index contributed by atoms with van der Waals surface area (Å²) in [6.45, 7) is 5.87. The first kappa shape index (κ1) is 11.7. The van der Waals surface area contributed by atoms with Gasteiger partial charge in [-0.05, 0) is 12.8 Å². The van der Waals surface area contributed by atoms with E-state index in [2.05, 4.69) is 10.6 Å². The predicted octanol–water partition coefficient (Wildman–Crippen LogP) is 0.415. The first-order valence-electron chi connectivity index (χ1n) is 4.26. The van der Waals surface area contributed by atoms with Gasteiger partial charge in [0.25, 0.3) is 0 Å². The maximum atomic E-state index is 11.3. The zero-order valence-corrected chi connectivity index (χ0v) is 8.13. The molecule has 0 aromatic carbocycles. The van der Waals surface area contributed by atoms with Crippen LogP contribution >= 0.6 is 0 Å². The minimum atomic E-state index is -1.18. The van der Waals surface area contributed by atoms with Gasteiger partial charge in [0.15, 0.2) is 0 Å². The molecule has 0 heterocycles. The highest BCUT2D eigenvalue weighted by molar-refractivity contribution is 5.85. The molecule has 0 radical (unpaired) electrons. The Kier molecular flexibility index (Phi) is 4.87. The molecule has 0 fully saturated rings. The Hall–Kier alpha value is -1.26. The molecule has 5 heteroatoms. The molecule has 5 nitrogen and oxygen atoms in total. The number of likely N-dealkylation sites (N-methyl/N-ethyl adjacent to an activating group) is 1. The first-order valence-corrected chi connectivity index (χ1v) is 4.26. The Labute approximate surface area is 77.5 Å². The number of hydrogen-bond donors (Lipinski definition) is 3. The van der Waals surface area contributed by atoms with E-state index in [4.69, 9.17) is 5.11 Å². The second-order valence-corrected chi connectivity index (χ2v) is 3.07. The van der Waals surface area contributed by atoms with E-state index in [-0.39, 0.29) is 11.8 Å². The molecule has 0 aliphatic rings. The number of carbonyl (C=O) groups excluding carboxylic acids is 1. The van der Waals surface area contributed by atoms with Gasteiger partial charge in [-0.25, -0.2) is 4.79 Å². The van der Waals surface area contributed by atoms with Crippen molar-refractivity contribution < 1.29 is 14.7 Å². The Balaban J connectivity index is 4.24. The lowest BCUT2D eigenvalue weighted by Crippen LogP contribution is -2.49. The Morgan fingerprint density at radius 1 is 1.38 bits per heavy atom. The van der Waals surface area contributed by atoms with Gasteiger partial charge in [0, 0.05) is 6.54 Å². The minimum absolute atomic E-state index is 0.0531. The molecular formula is C8H16N2O3. The van der Waals surface area contributed by atoms with Crippen molar-refractivity contribution in [3.05, 3.63) is 0 Å². The van der Waals surface area contributed by atoms with Crippen LogP contribution in [0.2, 0.25) is 0 Å². The molecular weight excluding hydrogens is 172 g/mol. The third-order valence-electron chi connectivity index (χ3n) is 1.58. The maximum Gasteiger partial charge on any atom is 0.405 e. The van der Waals surface area contributed by atoms with Gasteiger partial charge < -0.3 is 15.7 Å². The van der Waals surface area contributed by atoms with Crippen molar-refractivity contribution in [1.29, 1.82) is 0 Å². The molecule has 3 N–H and O–H groups in total. The third-order valence-corrected chi connectivity index (χ3v) is 1.58. The van der Waals surface area contributed by atoms with E-state index in [1.54, 1.807) is 20.8 Å². The molecule has 0 aliphatic carbocycles. The van der Waals surface area contributed by atoms with Crippen molar-refractivity contribution >= 4 is 12.0 Å². The molecule has 76 valence electrons. The molecule has 13 heavy (non-hydrogen) atoms. The standard InChI is InChI=1S/C8H16N2O3/c1-4-9-7(11)6(5(2)3)10-8(12)13/h5-6,10H,4H2,1-3H3,(H,9,11)(H,12,13)/t6-/m0/s1. The van der Waals surface area contributed by atoms with Crippen LogP contribution in [0.3, 0.4) is 0 Å². The number of carbonyl (C=O) groups is 2. The van der Waals surface area contributed by atoms with Crippen LogP contribution in [0.1, 0.15) is 20.8 Å². The number of amides is 2. The summed E-state index contributed by atoms with van der Waals surface area (Å²) in [6, 6.07) is -0.669. The zero-order chi connectivity index (χ0) is 10.4. The minimum Gasteiger partial charge on any atom is -0.465 e. The number of carboxylic acid groups (broad SMARTS) is 1. The van der Waals surface area contributed by atoms with E-state index in [0.717, 1.165) is 0 Å². The van der Waals surface area contributed by atoms with Crippen molar-refractivity contribution in [2.24, 2.45) is 5.92 Å². The third kappa shape index (κ3) is 4.35. The van der Waals surface area contributed by atoms with Crippen LogP contribution in [-0.2, 0) is 4.79 Å². The van der Waals surface area contributed by atoms with E-state index < -0.39 is 12.1 Å². The van der Waals surface area contributed by atoms with E-state index >= 15 is 0 Å². The summed E-state index contributed by atoms with van der Waals surface area (Å²) in [5.74, 6) is -0.331. The van der Waals surface area contributed by atoms with Crippen LogP contribution in [0.25, 0.3) is 0 Å². The van der Waals surface area contributed by atoms with Crippen molar-refractivity contribution in [2.45, 2.75) is 26.8 Å². The smallest absolute Gasteiger partial charge is 0.405 e. The van der Waals surface area contributed by atoms with E-state index in [9.17, 15) is 9.59 Å². The second-order valence-electron chi connectivity index (χ2n) is 3.07. The van der Waals surface area contributed by atoms with Gasteiger partial charge in [0.05, 0.1) is 0 Å². The fourth-order valence-electron chi connectivity index (χ4n) is 0.952. The summed E-state index contributed by atoms with van der Waals surface area (Å²) in [5.41, 5.74) is 0. The quantitative estimate of drug-likeness (QED) is 0.598. The van der Waals surface area contributed by atoms with Crippen LogP contribution in [0.5, 0.6) is 0 Å². The summed E-state index contributed by atoms with van der Waals surface area (Å²) in [5, 5.41) is 13.2. The lowest BCUT2D eigenvalue weighted by molar-refractivity contribution is -0.123. The zero-order valence-electron chi connectivity index (χ0n) is 8.13. The number of hydrogen-bond acceptors (Lipinski definition) is 2. The summed E-state index contributed by atoms with van der Waals surface area (Å²) >= 11 is 0. The van der Waals surface area contributed by atoms with Crippen molar-refractivity contribution in [2.75, 3.05) is 6.54 Å². The molecule has 0 bridgehead atoms. The van der Waals surface area contributed by atoms with Gasteiger partial charge in [-0.15, -0.1) is 0 Å². The molecule has 0 aromatic heterocycles. The highest BCUT2D eigenvalue weighted by Gasteiger charge is 2.22. The Bertz CT molecular complexity index is 192. The second kappa shape index (κ2) is 5.40. The van der Waals surface area contributed by atoms with Crippen molar-refractivity contribution in [3.8, 4) is 0 Å². The molecule has 0 saturated carbocycles. The molecule has 2 amide bonds. The van der Waals surface area contributed by atoms with Crippen molar-refractivity contribution in [1.82, 2.24) is 10.6 Å². The summed E-state index contributed by atoms with van der Waals surface area (Å²) in [7, 11) is 0. The van der Waals surface area contributed by atoms with Gasteiger partial charge in [0.1, 0.15) is 6.04 Å². The monoisotopic (exact) mass is 188 g/mol. The molecule has 0 spiro atoms. The van der Waals surface area contributed by atoms with Crippen molar-refractivity contribution in [3.63, 3.8) is 0 Å². The molecule has 0 saturated heterocycles. The normalized spacial score (nSPS) is 12.3. The van der Waals surface area contributed by atoms with Gasteiger partial charge >= 0.3 is 6.09 Å². The Morgan fingerprint density at radius 3 is 2.23 bits per heavy atom. The fourth-order valence-corrected chi connectivity index (χ4v) is 0.952. The molecule has 0 aromatic rings. The first-order chi connectivity index (χ1) is 5.99. The van der Waals surface area contributed by atoms with E-state index in [0.29, 0.717) is 6.54 Å². The van der Waals surface area contributed by atoms with Crippen LogP contribution in [0.4, 0.5) is 4.79 Å². The lowest BCUT2D eigenvalue weighted by atomic mass is 10.0. The fraction of sp³-hybridized carbons (Fsp3) is 0.750. The molecule has 0 rings (SSSR count). The summed E-state index contributed by atoms with van der Waals surface area (Å²) < 4.78 is 0. The van der Waals surface area contributed by atoms with Crippen LogP contribution in [0, 0.1) is 5.92 Å². The van der Waals surface area contributed by atoms with Gasteiger partial charge in [0.2, 0.25) is 5.91 Å². The number of nitrogens with one attached hydrogen (secondary N) is 2. The molecule has 0 aliphatic heterocycles. The number of rotatable bonds is 4. The highest BCUT2D eigenvalue weighted by Crippen LogP contribution is 2.01. The van der Waals surface area contributed by atoms with E-state index in [1.807, 2.05) is 0 Å². The maximum absolute atomic E-state index is 11.3. The average molecular weight is 188 g/mol.